The van der Waals surface area contributed by atoms with Crippen molar-refractivity contribution in [3.8, 4) is 11.1 Å². The number of benzene rings is 4. The van der Waals surface area contributed by atoms with E-state index >= 15 is 0 Å². The van der Waals surface area contributed by atoms with Crippen molar-refractivity contribution in [3.05, 3.63) is 67.0 Å². The highest BCUT2D eigenvalue weighted by atomic mass is 16.5. The maximum atomic E-state index is 14.9. The molecule has 2 saturated heterocycles. The van der Waals surface area contributed by atoms with E-state index in [9.17, 15) is 19.2 Å². The number of hydrogen-bond donors (Lipinski definition) is 5. The maximum absolute atomic E-state index is 14.9. The van der Waals surface area contributed by atoms with Crippen LogP contribution in [0.15, 0.2) is 67.0 Å². The number of fused-ring (bicyclic) bond motifs is 6. The van der Waals surface area contributed by atoms with Gasteiger partial charge >= 0.3 is 12.2 Å². The summed E-state index contributed by atoms with van der Waals surface area (Å²) in [5.74, 6) is -0.987. The molecule has 0 radical (unpaired) electrons. The van der Waals surface area contributed by atoms with Crippen molar-refractivity contribution in [3.63, 3.8) is 0 Å². The van der Waals surface area contributed by atoms with Gasteiger partial charge in [0, 0.05) is 36.9 Å². The van der Waals surface area contributed by atoms with Crippen molar-refractivity contribution in [2.45, 2.75) is 76.8 Å². The molecule has 4 heterocycles. The van der Waals surface area contributed by atoms with Gasteiger partial charge in [-0.3, -0.25) is 9.59 Å². The van der Waals surface area contributed by atoms with Crippen molar-refractivity contribution < 1.29 is 33.4 Å². The summed E-state index contributed by atoms with van der Waals surface area (Å²) < 4.78 is 15.6. The number of ether oxygens (including phenoxy) is 3. The van der Waals surface area contributed by atoms with Gasteiger partial charge in [-0.2, -0.15) is 0 Å². The zero-order valence-corrected chi connectivity index (χ0v) is 35.8. The first-order chi connectivity index (χ1) is 29.4. The van der Waals surface area contributed by atoms with Gasteiger partial charge in [-0.1, -0.05) is 64.1 Å². The topological polar surface area (TPSA) is 179 Å². The first-order valence-electron chi connectivity index (χ1n) is 21.2. The van der Waals surface area contributed by atoms with Crippen molar-refractivity contribution in [2.24, 2.45) is 17.8 Å². The monoisotopic (exact) mass is 832 g/mol. The van der Waals surface area contributed by atoms with Crippen molar-refractivity contribution in [1.29, 1.82) is 0 Å². The minimum Gasteiger partial charge on any atom is -0.453 e. The van der Waals surface area contributed by atoms with Crippen LogP contribution in [0.25, 0.3) is 43.7 Å². The van der Waals surface area contributed by atoms with Gasteiger partial charge in [-0.15, -0.1) is 0 Å². The third-order valence-electron chi connectivity index (χ3n) is 12.9. The molecule has 4 amide bonds. The van der Waals surface area contributed by atoms with E-state index < -0.39 is 42.0 Å². The Kier molecular flexibility index (Phi) is 11.4. The largest absolute Gasteiger partial charge is 0.453 e. The highest BCUT2D eigenvalue weighted by Gasteiger charge is 2.59. The van der Waals surface area contributed by atoms with Crippen molar-refractivity contribution >= 4 is 68.0 Å². The number of likely N-dealkylation sites (tertiary alicyclic amines) is 2. The SMILES string of the molecule is COC[C@H]1C[C@@H](C2([C@@H]3CCCN3C(=O)[C@@H](NC(=O)OC)C(C)C)Nc3ccc4cc(-c5ccc6c(ccc7[nH]cnc76)c5)ccc4c3N2)N(C(=O)[C@@H](NC(=O)OC)C(C)C)C1. The summed E-state index contributed by atoms with van der Waals surface area (Å²) in [4.78, 5) is 66.2. The summed E-state index contributed by atoms with van der Waals surface area (Å²) in [6.07, 6.45) is 2.24. The molecule has 3 aliphatic heterocycles. The molecule has 0 bridgehead atoms. The Labute approximate surface area is 355 Å². The van der Waals surface area contributed by atoms with E-state index in [-0.39, 0.29) is 29.6 Å². The van der Waals surface area contributed by atoms with Gasteiger partial charge in [0.15, 0.2) is 0 Å². The number of nitrogens with zero attached hydrogens (tertiary/aromatic N) is 3. The van der Waals surface area contributed by atoms with Gasteiger partial charge in [0.1, 0.15) is 17.7 Å². The number of alkyl carbamates (subject to hydrolysis) is 2. The van der Waals surface area contributed by atoms with Crippen LogP contribution < -0.4 is 21.3 Å². The number of anilines is 2. The number of carbonyl (C=O) groups is 4. The minimum atomic E-state index is -1.09. The molecular weight excluding hydrogens is 777 g/mol. The molecule has 0 aliphatic carbocycles. The number of hydrogen-bond acceptors (Lipinski definition) is 10. The number of H-pyrrole nitrogens is 1. The molecule has 2 fully saturated rings. The molecule has 3 aliphatic rings. The lowest BCUT2D eigenvalue weighted by atomic mass is 9.85. The quantitative estimate of drug-likeness (QED) is 0.0964. The zero-order chi connectivity index (χ0) is 43.2. The molecule has 15 heteroatoms. The second kappa shape index (κ2) is 16.8. The standard InChI is InChI=1S/C46H56N8O7/c1-25(2)38(49-44(57)60-6)42(55)53-18-8-9-36(53)46(37-19-27(23-59-5)22-54(37)43(56)39(26(3)4)50-45(58)61-7)51-35-17-13-31-21-29(11-15-33(31)41(35)52-46)28-10-14-32-30(20-28)12-16-34-40(32)48-24-47-34/h10-17,20-21,24-27,36-39,51-52H,8-9,18-19,22-23H2,1-7H3,(H,47,48)(H,49,57)(H,50,58)/t27-,36-,37-,38-,39-,46?/m0/s1. The lowest BCUT2D eigenvalue weighted by molar-refractivity contribution is -0.138. The van der Waals surface area contributed by atoms with E-state index in [0.717, 1.165) is 55.1 Å². The number of amides is 4. The molecule has 6 atom stereocenters. The van der Waals surface area contributed by atoms with Crippen LogP contribution in [0.4, 0.5) is 21.0 Å². The van der Waals surface area contributed by atoms with Crippen LogP contribution in [-0.4, -0.2) is 115 Å². The van der Waals surface area contributed by atoms with Gasteiger partial charge in [0.2, 0.25) is 11.8 Å². The summed E-state index contributed by atoms with van der Waals surface area (Å²) in [7, 11) is 4.21. The summed E-state index contributed by atoms with van der Waals surface area (Å²) in [5.41, 5.74) is 4.70. The van der Waals surface area contributed by atoms with Crippen LogP contribution in [0.5, 0.6) is 0 Å². The molecule has 322 valence electrons. The molecule has 1 aromatic heterocycles. The van der Waals surface area contributed by atoms with Gasteiger partial charge in [0.05, 0.1) is 61.6 Å². The van der Waals surface area contributed by atoms with E-state index in [1.54, 1.807) is 13.4 Å². The van der Waals surface area contributed by atoms with Crippen LogP contribution in [0.2, 0.25) is 0 Å². The van der Waals surface area contributed by atoms with Crippen LogP contribution in [-0.2, 0) is 23.8 Å². The Bertz CT molecular complexity index is 2490. The summed E-state index contributed by atoms with van der Waals surface area (Å²) >= 11 is 0. The molecule has 1 unspecified atom stereocenters. The molecule has 0 spiro atoms. The first kappa shape index (κ1) is 41.6. The highest BCUT2D eigenvalue weighted by Crippen LogP contribution is 2.49. The second-order valence-electron chi connectivity index (χ2n) is 17.3. The summed E-state index contributed by atoms with van der Waals surface area (Å²) in [6, 6.07) is 18.5. The van der Waals surface area contributed by atoms with Crippen LogP contribution >= 0.6 is 0 Å². The fourth-order valence-corrected chi connectivity index (χ4v) is 9.89. The molecule has 61 heavy (non-hydrogen) atoms. The van der Waals surface area contributed by atoms with Gasteiger partial charge < -0.3 is 50.3 Å². The van der Waals surface area contributed by atoms with E-state index in [1.807, 2.05) is 37.5 Å². The average molecular weight is 833 g/mol. The Hall–Kier alpha value is -6.09. The first-order valence-corrected chi connectivity index (χ1v) is 21.2. The number of nitrogens with one attached hydrogen (secondary N) is 5. The molecule has 8 rings (SSSR count). The normalized spacial score (nSPS) is 22.0. The fraction of sp³-hybridized carbons (Fsp3) is 0.457. The zero-order valence-electron chi connectivity index (χ0n) is 35.8. The number of imidazole rings is 1. The van der Waals surface area contributed by atoms with Crippen molar-refractivity contribution in [1.82, 2.24) is 30.4 Å². The third-order valence-corrected chi connectivity index (χ3v) is 12.9. The van der Waals surface area contributed by atoms with Gasteiger partial charge in [-0.25, -0.2) is 14.6 Å². The molecule has 5 aromatic rings. The van der Waals surface area contributed by atoms with E-state index in [1.165, 1.54) is 14.2 Å². The number of methoxy groups -OCH3 is 3. The lowest BCUT2D eigenvalue weighted by Gasteiger charge is -2.48. The van der Waals surface area contributed by atoms with Crippen LogP contribution in [0.3, 0.4) is 0 Å². The number of aromatic nitrogens is 2. The Morgan fingerprint density at radius 3 is 2.05 bits per heavy atom. The number of rotatable bonds is 11. The predicted octanol–water partition coefficient (Wildman–Crippen LogP) is 6.69. The van der Waals surface area contributed by atoms with Gasteiger partial charge in [0.25, 0.3) is 0 Å². The minimum absolute atomic E-state index is 0.0330. The second-order valence-corrected chi connectivity index (χ2v) is 17.3. The summed E-state index contributed by atoms with van der Waals surface area (Å²) in [6.45, 7) is 8.82. The molecule has 0 saturated carbocycles. The third kappa shape index (κ3) is 7.53. The van der Waals surface area contributed by atoms with Crippen molar-refractivity contribution in [2.75, 3.05) is 51.7 Å². The van der Waals surface area contributed by atoms with Gasteiger partial charge in [-0.05, 0) is 77.3 Å². The van der Waals surface area contributed by atoms with Crippen LogP contribution in [0, 0.1) is 17.8 Å². The van der Waals surface area contributed by atoms with E-state index in [4.69, 9.17) is 14.2 Å². The van der Waals surface area contributed by atoms with Crippen LogP contribution in [0.1, 0.15) is 47.0 Å². The Morgan fingerprint density at radius 2 is 1.41 bits per heavy atom. The Balaban J connectivity index is 1.22. The van der Waals surface area contributed by atoms with E-state index in [0.29, 0.717) is 39.0 Å². The Morgan fingerprint density at radius 1 is 0.787 bits per heavy atom. The highest BCUT2D eigenvalue weighted by molar-refractivity contribution is 6.07. The predicted molar refractivity (Wildman–Crippen MR) is 235 cm³/mol. The number of aromatic amines is 1. The smallest absolute Gasteiger partial charge is 0.407 e. The summed E-state index contributed by atoms with van der Waals surface area (Å²) in [5, 5.41) is 17.6. The number of carbonyl (C=O) groups excluding carboxylic acids is 4. The fourth-order valence-electron chi connectivity index (χ4n) is 9.89. The molecule has 4 aromatic carbocycles. The molecule has 5 N–H and O–H groups in total. The molecular formula is C46H56N8O7. The average Bonchev–Trinajstić information content (AvgIpc) is 4.09. The molecule has 15 nitrogen and oxygen atoms in total. The lowest BCUT2D eigenvalue weighted by Crippen LogP contribution is -2.70. The van der Waals surface area contributed by atoms with E-state index in [2.05, 4.69) is 91.9 Å². The maximum Gasteiger partial charge on any atom is 0.407 e.